The van der Waals surface area contributed by atoms with E-state index in [2.05, 4.69) is 15.2 Å². The summed E-state index contributed by atoms with van der Waals surface area (Å²) in [5.74, 6) is 0.184. The van der Waals surface area contributed by atoms with E-state index in [1.165, 1.54) is 7.11 Å². The molecule has 2 aromatic heterocycles. The van der Waals surface area contributed by atoms with Crippen LogP contribution in [0.3, 0.4) is 0 Å². The van der Waals surface area contributed by atoms with Crippen LogP contribution < -0.4 is 0 Å². The third-order valence-electron chi connectivity index (χ3n) is 3.69. The fourth-order valence-corrected chi connectivity index (χ4v) is 2.47. The molecule has 2 heterocycles. The molecule has 0 bridgehead atoms. The zero-order chi connectivity index (χ0) is 17.1. The molecule has 24 heavy (non-hydrogen) atoms. The van der Waals surface area contributed by atoms with Crippen molar-refractivity contribution in [2.24, 2.45) is 10.2 Å². The highest BCUT2D eigenvalue weighted by Crippen LogP contribution is 2.26. The van der Waals surface area contributed by atoms with Gasteiger partial charge in [0.25, 0.3) is 0 Å². The van der Waals surface area contributed by atoms with Crippen molar-refractivity contribution in [3.05, 3.63) is 59.4 Å². The highest BCUT2D eigenvalue weighted by molar-refractivity contribution is 5.74. The molecule has 0 fully saturated rings. The van der Waals surface area contributed by atoms with Gasteiger partial charge >= 0.3 is 5.97 Å². The van der Waals surface area contributed by atoms with E-state index in [1.807, 2.05) is 60.8 Å². The van der Waals surface area contributed by atoms with Crippen molar-refractivity contribution < 1.29 is 9.53 Å². The first-order chi connectivity index (χ1) is 11.6. The smallest absolute Gasteiger partial charge is 0.311 e. The maximum absolute atomic E-state index is 11.7. The lowest BCUT2D eigenvalue weighted by Gasteiger charge is -2.00. The summed E-state index contributed by atoms with van der Waals surface area (Å²) in [6.45, 7) is 3.96. The number of pyridine rings is 1. The fourth-order valence-electron chi connectivity index (χ4n) is 2.47. The van der Waals surface area contributed by atoms with Crippen LogP contribution in [0.25, 0.3) is 5.65 Å². The zero-order valence-electron chi connectivity index (χ0n) is 13.9. The van der Waals surface area contributed by atoms with Gasteiger partial charge in [0.1, 0.15) is 5.65 Å². The maximum Gasteiger partial charge on any atom is 0.311 e. The second-order valence-electron chi connectivity index (χ2n) is 5.56. The summed E-state index contributed by atoms with van der Waals surface area (Å²) in [6.07, 6.45) is 1.92. The van der Waals surface area contributed by atoms with Crippen LogP contribution in [0.5, 0.6) is 0 Å². The molecule has 0 radical (unpaired) electrons. The lowest BCUT2D eigenvalue weighted by molar-refractivity contribution is -0.139. The molecule has 1 aromatic carbocycles. The number of carbonyl (C=O) groups is 1. The molecule has 0 aliphatic heterocycles. The summed E-state index contributed by atoms with van der Waals surface area (Å²) in [5.41, 5.74) is 4.17. The molecule has 3 rings (SSSR count). The molecule has 0 saturated carbocycles. The van der Waals surface area contributed by atoms with Gasteiger partial charge in [0.15, 0.2) is 5.82 Å². The van der Waals surface area contributed by atoms with Gasteiger partial charge in [-0.2, -0.15) is 0 Å². The molecule has 0 unspecified atom stereocenters. The standard InChI is InChI=1S/C18H18N4O2/c1-12-6-4-8-14(10-12)20-21-18-15(11-16(23)24-3)19-17-13(2)7-5-9-22(17)18/h4-10H,11H2,1-3H3. The van der Waals surface area contributed by atoms with E-state index in [-0.39, 0.29) is 12.4 Å². The predicted octanol–water partition coefficient (Wildman–Crippen LogP) is 4.08. The quantitative estimate of drug-likeness (QED) is 0.537. The number of esters is 1. The molecule has 3 aromatic rings. The molecular weight excluding hydrogens is 304 g/mol. The minimum Gasteiger partial charge on any atom is -0.469 e. The molecule has 0 saturated heterocycles. The zero-order valence-corrected chi connectivity index (χ0v) is 13.9. The van der Waals surface area contributed by atoms with Crippen molar-refractivity contribution >= 4 is 23.1 Å². The Morgan fingerprint density at radius 3 is 2.79 bits per heavy atom. The Balaban J connectivity index is 2.08. The Bertz CT molecular complexity index is 928. The molecule has 0 atom stereocenters. The first-order valence-electron chi connectivity index (χ1n) is 7.60. The van der Waals surface area contributed by atoms with Crippen LogP contribution >= 0.6 is 0 Å². The van der Waals surface area contributed by atoms with Crippen LogP contribution in [0, 0.1) is 13.8 Å². The Morgan fingerprint density at radius 2 is 2.04 bits per heavy atom. The third-order valence-corrected chi connectivity index (χ3v) is 3.69. The number of nitrogens with zero attached hydrogens (tertiary/aromatic N) is 4. The van der Waals surface area contributed by atoms with Gasteiger partial charge in [0.05, 0.1) is 24.9 Å². The second kappa shape index (κ2) is 6.62. The molecule has 0 spiro atoms. The van der Waals surface area contributed by atoms with Crippen molar-refractivity contribution in [2.75, 3.05) is 7.11 Å². The van der Waals surface area contributed by atoms with Crippen molar-refractivity contribution in [3.63, 3.8) is 0 Å². The predicted molar refractivity (Wildman–Crippen MR) is 91.0 cm³/mol. The number of fused-ring (bicyclic) bond motifs is 1. The van der Waals surface area contributed by atoms with Crippen molar-refractivity contribution in [1.29, 1.82) is 0 Å². The Hall–Kier alpha value is -3.02. The van der Waals surface area contributed by atoms with E-state index in [4.69, 9.17) is 4.74 Å². The van der Waals surface area contributed by atoms with Gasteiger partial charge in [-0.25, -0.2) is 4.98 Å². The topological polar surface area (TPSA) is 68.3 Å². The van der Waals surface area contributed by atoms with E-state index in [9.17, 15) is 4.79 Å². The summed E-state index contributed by atoms with van der Waals surface area (Å²) in [4.78, 5) is 16.2. The summed E-state index contributed by atoms with van der Waals surface area (Å²) >= 11 is 0. The van der Waals surface area contributed by atoms with Gasteiger partial charge in [-0.05, 0) is 43.2 Å². The molecule has 122 valence electrons. The van der Waals surface area contributed by atoms with Gasteiger partial charge < -0.3 is 4.74 Å². The summed E-state index contributed by atoms with van der Waals surface area (Å²) in [7, 11) is 1.36. The molecule has 6 nitrogen and oxygen atoms in total. The number of hydrogen-bond donors (Lipinski definition) is 0. The number of azo groups is 1. The monoisotopic (exact) mass is 322 g/mol. The molecule has 0 aliphatic carbocycles. The van der Waals surface area contributed by atoms with Gasteiger partial charge in [-0.15, -0.1) is 10.2 Å². The second-order valence-corrected chi connectivity index (χ2v) is 5.56. The van der Waals surface area contributed by atoms with Gasteiger partial charge in [-0.1, -0.05) is 18.2 Å². The molecule has 0 amide bonds. The van der Waals surface area contributed by atoms with Crippen LogP contribution in [-0.2, 0) is 16.0 Å². The number of benzene rings is 1. The Morgan fingerprint density at radius 1 is 1.21 bits per heavy atom. The van der Waals surface area contributed by atoms with Crippen LogP contribution in [0.4, 0.5) is 11.5 Å². The number of imidazole rings is 1. The number of ether oxygens (including phenoxy) is 1. The summed E-state index contributed by atoms with van der Waals surface area (Å²) in [5, 5.41) is 8.65. The van der Waals surface area contributed by atoms with Gasteiger partial charge in [0.2, 0.25) is 0 Å². The van der Waals surface area contributed by atoms with E-state index in [1.54, 1.807) is 0 Å². The van der Waals surface area contributed by atoms with Crippen LogP contribution in [0.1, 0.15) is 16.8 Å². The Labute approximate surface area is 139 Å². The molecule has 6 heteroatoms. The minimum absolute atomic E-state index is 0.0553. The van der Waals surface area contributed by atoms with Crippen molar-refractivity contribution in [1.82, 2.24) is 9.38 Å². The average Bonchev–Trinajstić information content (AvgIpc) is 2.91. The van der Waals surface area contributed by atoms with Crippen LogP contribution in [0.2, 0.25) is 0 Å². The SMILES string of the molecule is COC(=O)Cc1nc2c(C)cccn2c1N=Nc1cccc(C)c1. The van der Waals surface area contributed by atoms with E-state index >= 15 is 0 Å². The van der Waals surface area contributed by atoms with Crippen LogP contribution in [0.15, 0.2) is 52.8 Å². The highest BCUT2D eigenvalue weighted by Gasteiger charge is 2.16. The first kappa shape index (κ1) is 15.9. The van der Waals surface area contributed by atoms with Crippen molar-refractivity contribution in [3.8, 4) is 0 Å². The highest BCUT2D eigenvalue weighted by atomic mass is 16.5. The number of hydrogen-bond acceptors (Lipinski definition) is 5. The van der Waals surface area contributed by atoms with E-state index in [0.717, 1.165) is 22.5 Å². The maximum atomic E-state index is 11.7. The number of rotatable bonds is 4. The van der Waals surface area contributed by atoms with Crippen molar-refractivity contribution in [2.45, 2.75) is 20.3 Å². The Kier molecular flexibility index (Phi) is 4.37. The fraction of sp³-hybridized carbons (Fsp3) is 0.222. The number of aromatic nitrogens is 2. The number of carbonyl (C=O) groups excluding carboxylic acids is 1. The third kappa shape index (κ3) is 3.17. The molecular formula is C18H18N4O2. The lowest BCUT2D eigenvalue weighted by Crippen LogP contribution is -2.04. The summed E-state index contributed by atoms with van der Waals surface area (Å²) in [6, 6.07) is 11.6. The lowest BCUT2D eigenvalue weighted by atomic mass is 10.2. The largest absolute Gasteiger partial charge is 0.469 e. The normalized spacial score (nSPS) is 11.3. The first-order valence-corrected chi connectivity index (χ1v) is 7.60. The number of methoxy groups -OCH3 is 1. The molecule has 0 aliphatic rings. The van der Waals surface area contributed by atoms with Crippen LogP contribution in [-0.4, -0.2) is 22.5 Å². The minimum atomic E-state index is -0.358. The average molecular weight is 322 g/mol. The van der Waals surface area contributed by atoms with E-state index < -0.39 is 0 Å². The van der Waals surface area contributed by atoms with E-state index in [0.29, 0.717) is 11.5 Å². The number of aryl methyl sites for hydroxylation is 2. The van der Waals surface area contributed by atoms with Gasteiger partial charge in [-0.3, -0.25) is 9.20 Å². The van der Waals surface area contributed by atoms with Gasteiger partial charge in [0, 0.05) is 6.20 Å². The summed E-state index contributed by atoms with van der Waals surface area (Å²) < 4.78 is 6.59. The molecule has 0 N–H and O–H groups in total.